The summed E-state index contributed by atoms with van der Waals surface area (Å²) >= 11 is 5.79. The fourth-order valence-corrected chi connectivity index (χ4v) is 1.69. The molecular formula is C12H13ClN4O. The van der Waals surface area contributed by atoms with Gasteiger partial charge in [-0.1, -0.05) is 23.7 Å². The highest BCUT2D eigenvalue weighted by Gasteiger charge is 2.01. The first-order valence-electron chi connectivity index (χ1n) is 5.34. The van der Waals surface area contributed by atoms with Gasteiger partial charge in [-0.05, 0) is 17.7 Å². The van der Waals surface area contributed by atoms with E-state index >= 15 is 0 Å². The highest BCUT2D eigenvalue weighted by molar-refractivity contribution is 6.29. The standard InChI is InChI=1S/C12H13ClN4O/c1-18-9-4-2-3-8(5-9)7-15-11-6-10(13)16-12(14)17-11/h2-6H,7H2,1H3,(H3,14,15,16,17). The largest absolute Gasteiger partial charge is 0.497 e. The van der Waals surface area contributed by atoms with Crippen molar-refractivity contribution in [2.75, 3.05) is 18.2 Å². The van der Waals surface area contributed by atoms with Crippen molar-refractivity contribution in [1.29, 1.82) is 0 Å². The maximum absolute atomic E-state index is 5.79. The number of nitrogens with one attached hydrogen (secondary N) is 1. The summed E-state index contributed by atoms with van der Waals surface area (Å²) in [4.78, 5) is 7.82. The van der Waals surface area contributed by atoms with E-state index in [2.05, 4.69) is 15.3 Å². The minimum absolute atomic E-state index is 0.149. The van der Waals surface area contributed by atoms with Gasteiger partial charge < -0.3 is 15.8 Å². The summed E-state index contributed by atoms with van der Waals surface area (Å²) in [6.07, 6.45) is 0. The zero-order valence-corrected chi connectivity index (χ0v) is 10.6. The third kappa shape index (κ3) is 3.24. The number of anilines is 2. The Balaban J connectivity index is 2.06. The molecule has 0 saturated carbocycles. The molecule has 94 valence electrons. The third-order valence-corrected chi connectivity index (χ3v) is 2.51. The molecule has 0 aliphatic rings. The van der Waals surface area contributed by atoms with Gasteiger partial charge in [-0.3, -0.25) is 0 Å². The van der Waals surface area contributed by atoms with Crippen molar-refractivity contribution in [2.24, 2.45) is 0 Å². The lowest BCUT2D eigenvalue weighted by atomic mass is 10.2. The van der Waals surface area contributed by atoms with E-state index < -0.39 is 0 Å². The number of hydrogen-bond donors (Lipinski definition) is 2. The molecule has 1 heterocycles. The van der Waals surface area contributed by atoms with Crippen LogP contribution in [0, 0.1) is 0 Å². The van der Waals surface area contributed by atoms with E-state index in [4.69, 9.17) is 22.1 Å². The zero-order chi connectivity index (χ0) is 13.0. The quantitative estimate of drug-likeness (QED) is 0.829. The molecule has 1 aromatic heterocycles. The van der Waals surface area contributed by atoms with Crippen molar-refractivity contribution in [3.63, 3.8) is 0 Å². The van der Waals surface area contributed by atoms with Crippen LogP contribution in [0.1, 0.15) is 5.56 Å². The Kier molecular flexibility index (Phi) is 3.84. The number of nitrogen functional groups attached to an aromatic ring is 1. The van der Waals surface area contributed by atoms with Crippen LogP contribution in [0.4, 0.5) is 11.8 Å². The van der Waals surface area contributed by atoms with Gasteiger partial charge in [0.2, 0.25) is 5.95 Å². The van der Waals surface area contributed by atoms with Crippen molar-refractivity contribution >= 4 is 23.4 Å². The Labute approximate surface area is 110 Å². The van der Waals surface area contributed by atoms with Crippen molar-refractivity contribution in [2.45, 2.75) is 6.54 Å². The van der Waals surface area contributed by atoms with Gasteiger partial charge in [0.1, 0.15) is 16.7 Å². The van der Waals surface area contributed by atoms with E-state index in [1.165, 1.54) is 0 Å². The lowest BCUT2D eigenvalue weighted by molar-refractivity contribution is 0.414. The third-order valence-electron chi connectivity index (χ3n) is 2.32. The van der Waals surface area contributed by atoms with Crippen LogP contribution in [-0.4, -0.2) is 17.1 Å². The van der Waals surface area contributed by atoms with Crippen LogP contribution in [0.15, 0.2) is 30.3 Å². The van der Waals surface area contributed by atoms with Gasteiger partial charge in [0.15, 0.2) is 0 Å². The Morgan fingerprint density at radius 2 is 2.17 bits per heavy atom. The number of hydrogen-bond acceptors (Lipinski definition) is 5. The molecular weight excluding hydrogens is 252 g/mol. The first-order valence-corrected chi connectivity index (χ1v) is 5.72. The van der Waals surface area contributed by atoms with Gasteiger partial charge in [-0.15, -0.1) is 0 Å². The lowest BCUT2D eigenvalue weighted by Crippen LogP contribution is -2.04. The fraction of sp³-hybridized carbons (Fsp3) is 0.167. The van der Waals surface area contributed by atoms with Crippen LogP contribution in [-0.2, 0) is 6.54 Å². The molecule has 0 fully saturated rings. The van der Waals surface area contributed by atoms with Crippen LogP contribution in [0.3, 0.4) is 0 Å². The Hall–Kier alpha value is -2.01. The van der Waals surface area contributed by atoms with E-state index in [-0.39, 0.29) is 5.95 Å². The first kappa shape index (κ1) is 12.4. The van der Waals surface area contributed by atoms with Crippen molar-refractivity contribution in [3.8, 4) is 5.75 Å². The maximum atomic E-state index is 5.79. The van der Waals surface area contributed by atoms with Crippen LogP contribution < -0.4 is 15.8 Å². The van der Waals surface area contributed by atoms with Crippen LogP contribution in [0.5, 0.6) is 5.75 Å². The minimum atomic E-state index is 0.149. The fourth-order valence-electron chi connectivity index (χ4n) is 1.50. The van der Waals surface area contributed by atoms with Crippen molar-refractivity contribution in [1.82, 2.24) is 9.97 Å². The molecule has 0 amide bonds. The second-order valence-electron chi connectivity index (χ2n) is 3.64. The average molecular weight is 265 g/mol. The summed E-state index contributed by atoms with van der Waals surface area (Å²) in [7, 11) is 1.64. The molecule has 6 heteroatoms. The molecule has 18 heavy (non-hydrogen) atoms. The molecule has 1 aromatic carbocycles. The average Bonchev–Trinajstić information content (AvgIpc) is 2.35. The Bertz CT molecular complexity index is 527. The molecule has 5 nitrogen and oxygen atoms in total. The molecule has 0 aliphatic carbocycles. The van der Waals surface area contributed by atoms with E-state index in [1.807, 2.05) is 24.3 Å². The topological polar surface area (TPSA) is 73.1 Å². The Morgan fingerprint density at radius 3 is 2.89 bits per heavy atom. The van der Waals surface area contributed by atoms with Gasteiger partial charge in [0, 0.05) is 12.6 Å². The number of methoxy groups -OCH3 is 1. The molecule has 0 bridgehead atoms. The summed E-state index contributed by atoms with van der Waals surface area (Å²) in [5.74, 6) is 1.56. The minimum Gasteiger partial charge on any atom is -0.497 e. The molecule has 0 saturated heterocycles. The van der Waals surface area contributed by atoms with Crippen LogP contribution in [0.2, 0.25) is 5.15 Å². The number of nitrogens with zero attached hydrogens (tertiary/aromatic N) is 2. The van der Waals surface area contributed by atoms with E-state index in [9.17, 15) is 0 Å². The molecule has 0 aliphatic heterocycles. The normalized spacial score (nSPS) is 10.1. The number of benzene rings is 1. The summed E-state index contributed by atoms with van der Waals surface area (Å²) in [5, 5.41) is 3.44. The number of nitrogens with two attached hydrogens (primary N) is 1. The summed E-state index contributed by atoms with van der Waals surface area (Å²) < 4.78 is 5.15. The molecule has 3 N–H and O–H groups in total. The predicted molar refractivity (Wildman–Crippen MR) is 71.8 cm³/mol. The first-order chi connectivity index (χ1) is 8.67. The van der Waals surface area contributed by atoms with Crippen molar-refractivity contribution in [3.05, 3.63) is 41.0 Å². The van der Waals surface area contributed by atoms with Crippen LogP contribution >= 0.6 is 11.6 Å². The van der Waals surface area contributed by atoms with Gasteiger partial charge in [-0.2, -0.15) is 4.98 Å². The number of rotatable bonds is 4. The van der Waals surface area contributed by atoms with E-state index in [1.54, 1.807) is 13.2 Å². The highest BCUT2D eigenvalue weighted by atomic mass is 35.5. The summed E-state index contributed by atoms with van der Waals surface area (Å²) in [6.45, 7) is 0.601. The molecule has 0 unspecified atom stereocenters. The Morgan fingerprint density at radius 1 is 1.33 bits per heavy atom. The highest BCUT2D eigenvalue weighted by Crippen LogP contribution is 2.16. The zero-order valence-electron chi connectivity index (χ0n) is 9.85. The van der Waals surface area contributed by atoms with Gasteiger partial charge in [0.05, 0.1) is 7.11 Å². The SMILES string of the molecule is COc1cccc(CNc2cc(Cl)nc(N)n2)c1. The summed E-state index contributed by atoms with van der Waals surface area (Å²) in [6, 6.07) is 9.37. The molecule has 2 aromatic rings. The van der Waals surface area contributed by atoms with Gasteiger partial charge in [0.25, 0.3) is 0 Å². The summed E-state index contributed by atoms with van der Waals surface area (Å²) in [5.41, 5.74) is 6.58. The number of aromatic nitrogens is 2. The molecule has 0 spiro atoms. The monoisotopic (exact) mass is 264 g/mol. The van der Waals surface area contributed by atoms with Crippen molar-refractivity contribution < 1.29 is 4.74 Å². The van der Waals surface area contributed by atoms with Gasteiger partial charge >= 0.3 is 0 Å². The molecule has 2 rings (SSSR count). The van der Waals surface area contributed by atoms with Crippen LogP contribution in [0.25, 0.3) is 0 Å². The second-order valence-corrected chi connectivity index (χ2v) is 4.03. The smallest absolute Gasteiger partial charge is 0.223 e. The molecule has 0 radical (unpaired) electrons. The van der Waals surface area contributed by atoms with E-state index in [0.717, 1.165) is 11.3 Å². The second kappa shape index (κ2) is 5.55. The lowest BCUT2D eigenvalue weighted by Gasteiger charge is -2.07. The maximum Gasteiger partial charge on any atom is 0.223 e. The van der Waals surface area contributed by atoms with E-state index in [0.29, 0.717) is 17.5 Å². The van der Waals surface area contributed by atoms with Gasteiger partial charge in [-0.25, -0.2) is 4.98 Å². The number of ether oxygens (including phenoxy) is 1. The number of halogens is 1. The molecule has 0 atom stereocenters. The predicted octanol–water partition coefficient (Wildman–Crippen LogP) is 2.33.